The molecule has 0 amide bonds. The average molecular weight is 298 g/mol. The maximum absolute atomic E-state index is 12.6. The Morgan fingerprint density at radius 3 is 2.67 bits per heavy atom. The van der Waals surface area contributed by atoms with E-state index in [4.69, 9.17) is 14.2 Å². The molecule has 1 aromatic heterocycles. The molecule has 2 aromatic rings. The van der Waals surface area contributed by atoms with Gasteiger partial charge in [-0.3, -0.25) is 0 Å². The van der Waals surface area contributed by atoms with Gasteiger partial charge in [-0.25, -0.2) is 0 Å². The molecule has 0 fully saturated rings. The molecular formula is C13H9F3N2O3. The van der Waals surface area contributed by atoms with E-state index in [1.807, 2.05) is 0 Å². The fraction of sp³-hybridized carbons (Fsp3) is 0.231. The maximum Gasteiger partial charge on any atom is 0.416 e. The fourth-order valence-electron chi connectivity index (χ4n) is 1.75. The zero-order valence-corrected chi connectivity index (χ0v) is 10.6. The molecule has 0 N–H and O–H groups in total. The molecule has 0 bridgehead atoms. The van der Waals surface area contributed by atoms with Crippen molar-refractivity contribution in [2.45, 2.75) is 6.18 Å². The zero-order chi connectivity index (χ0) is 14.9. The molecule has 3 rings (SSSR count). The Morgan fingerprint density at radius 2 is 1.86 bits per heavy atom. The monoisotopic (exact) mass is 298 g/mol. The van der Waals surface area contributed by atoms with Crippen molar-refractivity contribution in [3.63, 3.8) is 0 Å². The second kappa shape index (κ2) is 5.12. The summed E-state index contributed by atoms with van der Waals surface area (Å²) >= 11 is 0. The van der Waals surface area contributed by atoms with Crippen molar-refractivity contribution in [1.82, 2.24) is 10.2 Å². The number of nitrogens with zero attached hydrogens (tertiary/aromatic N) is 2. The van der Waals surface area contributed by atoms with Gasteiger partial charge in [0.2, 0.25) is 5.88 Å². The molecule has 0 unspecified atom stereocenters. The van der Waals surface area contributed by atoms with Crippen molar-refractivity contribution in [3.8, 4) is 23.3 Å². The standard InChI is InChI=1S/C13H9F3N2O3/c14-13(15,16)8-2-1-3-9(6-8)21-11-7-10-12(18-17-11)20-5-4-19-10/h1-3,6-7H,4-5H2. The van der Waals surface area contributed by atoms with Crippen molar-refractivity contribution < 1.29 is 27.4 Å². The number of hydrogen-bond donors (Lipinski definition) is 0. The number of ether oxygens (including phenoxy) is 3. The van der Waals surface area contributed by atoms with Crippen LogP contribution in [0.4, 0.5) is 13.2 Å². The van der Waals surface area contributed by atoms with Gasteiger partial charge in [-0.2, -0.15) is 13.2 Å². The van der Waals surface area contributed by atoms with E-state index < -0.39 is 11.7 Å². The molecule has 1 aliphatic heterocycles. The highest BCUT2D eigenvalue weighted by Gasteiger charge is 2.30. The van der Waals surface area contributed by atoms with Crippen molar-refractivity contribution in [3.05, 3.63) is 35.9 Å². The highest BCUT2D eigenvalue weighted by molar-refractivity contribution is 5.39. The quantitative estimate of drug-likeness (QED) is 0.853. The molecule has 8 heteroatoms. The summed E-state index contributed by atoms with van der Waals surface area (Å²) < 4.78 is 53.6. The Labute approximate surface area is 117 Å². The van der Waals surface area contributed by atoms with E-state index >= 15 is 0 Å². The molecule has 1 aliphatic rings. The number of halogens is 3. The van der Waals surface area contributed by atoms with E-state index in [0.29, 0.717) is 19.0 Å². The van der Waals surface area contributed by atoms with Gasteiger partial charge in [0.25, 0.3) is 5.88 Å². The van der Waals surface area contributed by atoms with E-state index in [0.717, 1.165) is 12.1 Å². The van der Waals surface area contributed by atoms with Gasteiger partial charge in [0.15, 0.2) is 5.75 Å². The minimum absolute atomic E-state index is 0.0100. The molecule has 110 valence electrons. The van der Waals surface area contributed by atoms with Gasteiger partial charge in [-0.15, -0.1) is 10.2 Å². The summed E-state index contributed by atoms with van der Waals surface area (Å²) in [5, 5.41) is 7.46. The Hall–Kier alpha value is -2.51. The summed E-state index contributed by atoms with van der Waals surface area (Å²) in [6.45, 7) is 0.733. The van der Waals surface area contributed by atoms with Gasteiger partial charge >= 0.3 is 6.18 Å². The lowest BCUT2D eigenvalue weighted by Gasteiger charge is -2.16. The van der Waals surface area contributed by atoms with Crippen LogP contribution in [0, 0.1) is 0 Å². The third-order valence-electron chi connectivity index (χ3n) is 2.67. The van der Waals surface area contributed by atoms with Crippen molar-refractivity contribution >= 4 is 0 Å². The lowest BCUT2D eigenvalue weighted by atomic mass is 10.2. The summed E-state index contributed by atoms with van der Waals surface area (Å²) in [5.74, 6) is 0.616. The normalized spacial score (nSPS) is 13.9. The number of aromatic nitrogens is 2. The van der Waals surface area contributed by atoms with Gasteiger partial charge in [0.1, 0.15) is 19.0 Å². The van der Waals surface area contributed by atoms with Crippen LogP contribution in [0.5, 0.6) is 23.3 Å². The molecule has 0 aliphatic carbocycles. The fourth-order valence-corrected chi connectivity index (χ4v) is 1.75. The molecule has 0 atom stereocenters. The van der Waals surface area contributed by atoms with Gasteiger partial charge in [0, 0.05) is 0 Å². The second-order valence-corrected chi connectivity index (χ2v) is 4.18. The lowest BCUT2D eigenvalue weighted by Crippen LogP contribution is -2.16. The third-order valence-corrected chi connectivity index (χ3v) is 2.67. The minimum atomic E-state index is -4.43. The molecule has 5 nitrogen and oxygen atoms in total. The average Bonchev–Trinajstić information content (AvgIpc) is 2.46. The summed E-state index contributed by atoms with van der Waals surface area (Å²) in [6.07, 6.45) is -4.43. The number of hydrogen-bond acceptors (Lipinski definition) is 5. The molecule has 0 radical (unpaired) electrons. The van der Waals surface area contributed by atoms with E-state index in [-0.39, 0.29) is 17.5 Å². The molecular weight excluding hydrogens is 289 g/mol. The summed E-state index contributed by atoms with van der Waals surface area (Å²) in [6, 6.07) is 5.92. The highest BCUT2D eigenvalue weighted by Crippen LogP contribution is 2.34. The number of alkyl halides is 3. The van der Waals surface area contributed by atoms with Crippen LogP contribution in [-0.2, 0) is 6.18 Å². The topological polar surface area (TPSA) is 53.5 Å². The number of benzene rings is 1. The Morgan fingerprint density at radius 1 is 1.05 bits per heavy atom. The Bertz CT molecular complexity index is 661. The smallest absolute Gasteiger partial charge is 0.416 e. The number of rotatable bonds is 2. The van der Waals surface area contributed by atoms with E-state index in [1.165, 1.54) is 18.2 Å². The first-order valence-electron chi connectivity index (χ1n) is 6.01. The first-order chi connectivity index (χ1) is 10.0. The van der Waals surface area contributed by atoms with Crippen LogP contribution < -0.4 is 14.2 Å². The largest absolute Gasteiger partial charge is 0.484 e. The second-order valence-electron chi connectivity index (χ2n) is 4.18. The molecule has 1 aromatic carbocycles. The first kappa shape index (κ1) is 13.5. The zero-order valence-electron chi connectivity index (χ0n) is 10.6. The first-order valence-corrected chi connectivity index (χ1v) is 6.01. The molecule has 2 heterocycles. The van der Waals surface area contributed by atoms with Gasteiger partial charge in [-0.05, 0) is 18.2 Å². The summed E-state index contributed by atoms with van der Waals surface area (Å²) in [7, 11) is 0. The van der Waals surface area contributed by atoms with Gasteiger partial charge < -0.3 is 14.2 Å². The molecule has 0 saturated carbocycles. The predicted octanol–water partition coefficient (Wildman–Crippen LogP) is 3.06. The van der Waals surface area contributed by atoms with E-state index in [9.17, 15) is 13.2 Å². The SMILES string of the molecule is FC(F)(F)c1cccc(Oc2cc3c(nn2)OCCO3)c1. The molecule has 21 heavy (non-hydrogen) atoms. The Kier molecular flexibility index (Phi) is 3.28. The number of fused-ring (bicyclic) bond motifs is 1. The van der Waals surface area contributed by atoms with Gasteiger partial charge in [-0.1, -0.05) is 6.07 Å². The summed E-state index contributed by atoms with van der Waals surface area (Å²) in [5.41, 5.74) is -0.800. The highest BCUT2D eigenvalue weighted by atomic mass is 19.4. The van der Waals surface area contributed by atoms with Crippen LogP contribution in [0.15, 0.2) is 30.3 Å². The Balaban J connectivity index is 1.83. The van der Waals surface area contributed by atoms with Crippen LogP contribution in [-0.4, -0.2) is 23.4 Å². The van der Waals surface area contributed by atoms with Crippen LogP contribution >= 0.6 is 0 Å². The molecule has 0 spiro atoms. The van der Waals surface area contributed by atoms with Crippen LogP contribution in [0.1, 0.15) is 5.56 Å². The molecule has 0 saturated heterocycles. The predicted molar refractivity (Wildman–Crippen MR) is 64.5 cm³/mol. The van der Waals surface area contributed by atoms with Crippen LogP contribution in [0.3, 0.4) is 0 Å². The van der Waals surface area contributed by atoms with Crippen LogP contribution in [0.2, 0.25) is 0 Å². The van der Waals surface area contributed by atoms with E-state index in [1.54, 1.807) is 0 Å². The van der Waals surface area contributed by atoms with Crippen LogP contribution in [0.25, 0.3) is 0 Å². The minimum Gasteiger partial charge on any atom is -0.484 e. The lowest BCUT2D eigenvalue weighted by molar-refractivity contribution is -0.137. The van der Waals surface area contributed by atoms with Crippen molar-refractivity contribution in [2.24, 2.45) is 0 Å². The van der Waals surface area contributed by atoms with Crippen molar-refractivity contribution in [1.29, 1.82) is 0 Å². The third kappa shape index (κ3) is 2.99. The van der Waals surface area contributed by atoms with Gasteiger partial charge in [0.05, 0.1) is 11.6 Å². The van der Waals surface area contributed by atoms with Crippen molar-refractivity contribution in [2.75, 3.05) is 13.2 Å². The maximum atomic E-state index is 12.6. The van der Waals surface area contributed by atoms with E-state index in [2.05, 4.69) is 10.2 Å². The summed E-state index contributed by atoms with van der Waals surface area (Å²) in [4.78, 5) is 0.